The van der Waals surface area contributed by atoms with E-state index >= 15 is 8.78 Å². The number of allylic oxidation sites excluding steroid dienone is 4. The molecule has 1 N–H and O–H groups in total. The summed E-state index contributed by atoms with van der Waals surface area (Å²) in [5.74, 6) is -5.49. The average Bonchev–Trinajstić information content (AvgIpc) is 3.32. The summed E-state index contributed by atoms with van der Waals surface area (Å²) in [5, 5.41) is 11.5. The number of halogens is 5. The van der Waals surface area contributed by atoms with E-state index < -0.39 is 41.4 Å². The number of anilines is 1. The summed E-state index contributed by atoms with van der Waals surface area (Å²) in [6.07, 6.45) is 2.50. The molecule has 2 heterocycles. The minimum Gasteiger partial charge on any atom is -0.383 e. The van der Waals surface area contributed by atoms with E-state index in [1.165, 1.54) is 6.92 Å². The van der Waals surface area contributed by atoms with Crippen LogP contribution in [0.4, 0.5) is 27.8 Å². The third-order valence-electron chi connectivity index (χ3n) is 11.8. The van der Waals surface area contributed by atoms with Crippen LogP contribution in [0.3, 0.4) is 0 Å². The van der Waals surface area contributed by atoms with Crippen LogP contribution in [0, 0.1) is 17.3 Å². The molecule has 1 aromatic carbocycles. The minimum atomic E-state index is -5.86. The molecule has 3 fully saturated rings. The second-order valence-electron chi connectivity index (χ2n) is 14.0. The number of hydrogen-bond donors (Lipinski definition) is 1. The molecule has 46 heavy (non-hydrogen) atoms. The molecule has 1 aromatic heterocycles. The van der Waals surface area contributed by atoms with Crippen molar-refractivity contribution in [2.45, 2.75) is 82.0 Å². The van der Waals surface area contributed by atoms with Crippen molar-refractivity contribution in [3.63, 3.8) is 0 Å². The summed E-state index contributed by atoms with van der Waals surface area (Å²) in [5.41, 5.74) is 0.209. The summed E-state index contributed by atoms with van der Waals surface area (Å²) in [6.45, 7) is 5.52. The maximum absolute atomic E-state index is 15.2. The lowest BCUT2D eigenvalue weighted by atomic mass is 9.50. The van der Waals surface area contributed by atoms with Crippen LogP contribution in [0.5, 0.6) is 0 Å². The fourth-order valence-electron chi connectivity index (χ4n) is 9.42. The van der Waals surface area contributed by atoms with Gasteiger partial charge in [-0.1, -0.05) is 36.8 Å². The van der Waals surface area contributed by atoms with Gasteiger partial charge in [0.2, 0.25) is 0 Å². The molecule has 6 nitrogen and oxygen atoms in total. The van der Waals surface area contributed by atoms with Gasteiger partial charge in [-0.05, 0) is 78.7 Å². The fourth-order valence-corrected chi connectivity index (χ4v) is 9.42. The van der Waals surface area contributed by atoms with Gasteiger partial charge in [-0.15, -0.1) is 0 Å². The molecule has 5 atom stereocenters. The molecule has 2 aromatic rings. The first-order chi connectivity index (χ1) is 21.8. The molecule has 7 rings (SSSR count). The first-order valence-electron chi connectivity index (χ1n) is 16.3. The number of aliphatic hydroxyl groups is 1. The van der Waals surface area contributed by atoms with Gasteiger partial charge in [0, 0.05) is 62.9 Å². The van der Waals surface area contributed by atoms with Crippen molar-refractivity contribution in [3.05, 3.63) is 76.8 Å². The number of benzene rings is 1. The molecule has 1 aliphatic heterocycles. The number of rotatable bonds is 5. The zero-order chi connectivity index (χ0) is 32.5. The smallest absolute Gasteiger partial charge is 0.383 e. The maximum atomic E-state index is 15.2. The first kappa shape index (κ1) is 31.4. The summed E-state index contributed by atoms with van der Waals surface area (Å²) in [4.78, 5) is 25.4. The Morgan fingerprint density at radius 2 is 1.72 bits per heavy atom. The molecule has 246 valence electrons. The highest BCUT2D eigenvalue weighted by atomic mass is 19.4. The minimum absolute atomic E-state index is 0.0138. The van der Waals surface area contributed by atoms with Crippen LogP contribution in [-0.2, 0) is 11.3 Å². The Bertz CT molecular complexity index is 1550. The third kappa shape index (κ3) is 4.91. The second kappa shape index (κ2) is 11.2. The van der Waals surface area contributed by atoms with Crippen LogP contribution in [-0.4, -0.2) is 69.6 Å². The second-order valence-corrected chi connectivity index (χ2v) is 14.0. The Hall–Kier alpha value is -3.18. The van der Waals surface area contributed by atoms with Crippen molar-refractivity contribution >= 4 is 11.6 Å². The van der Waals surface area contributed by atoms with Crippen molar-refractivity contribution in [1.29, 1.82) is 0 Å². The van der Waals surface area contributed by atoms with Crippen LogP contribution in [0.25, 0.3) is 0 Å². The molecule has 0 unspecified atom stereocenters. The number of piperazine rings is 1. The van der Waals surface area contributed by atoms with E-state index in [1.807, 2.05) is 24.3 Å². The van der Waals surface area contributed by atoms with Crippen molar-refractivity contribution in [3.8, 4) is 0 Å². The largest absolute Gasteiger partial charge is 0.456 e. The molecule has 0 amide bonds. The Kier molecular flexibility index (Phi) is 7.66. The number of carbonyl (C=O) groups is 1. The Balaban J connectivity index is 1.19. The molecular formula is C35H39F5N4O2. The van der Waals surface area contributed by atoms with Gasteiger partial charge in [-0.2, -0.15) is 22.0 Å². The van der Waals surface area contributed by atoms with Crippen molar-refractivity contribution in [1.82, 2.24) is 14.9 Å². The molecule has 0 radical (unpaired) electrons. The monoisotopic (exact) mass is 642 g/mol. The van der Waals surface area contributed by atoms with E-state index in [0.29, 0.717) is 25.7 Å². The molecule has 11 heteroatoms. The van der Waals surface area contributed by atoms with E-state index in [9.17, 15) is 23.1 Å². The zero-order valence-electron chi connectivity index (χ0n) is 25.9. The number of carbonyl (C=O) groups excluding carboxylic acids is 1. The van der Waals surface area contributed by atoms with Gasteiger partial charge in [-0.25, -0.2) is 4.98 Å². The number of hydrogen-bond acceptors (Lipinski definition) is 6. The van der Waals surface area contributed by atoms with E-state index in [2.05, 4.69) is 19.8 Å². The van der Waals surface area contributed by atoms with Gasteiger partial charge in [0.15, 0.2) is 5.78 Å². The summed E-state index contributed by atoms with van der Waals surface area (Å²) >= 11 is 0. The lowest BCUT2D eigenvalue weighted by molar-refractivity contribution is -0.362. The molecule has 1 saturated heterocycles. The molecular weight excluding hydrogens is 603 g/mol. The fraction of sp³-hybridized carbons (Fsp3) is 0.571. The van der Waals surface area contributed by atoms with Crippen LogP contribution in [0.15, 0.2) is 65.7 Å². The standard InChI is InChI=1S/C35H39F5N4O2/c1-32-19-28(23-4-2-22(3-5-23)21-43-14-16-44(17-15-43)30-20-41-12-13-42-30)31-26-9-7-25(45)18-24(26)6-8-27(31)29(32)10-11-33(32,46)34(36,37)35(38,39)40/h2-5,12-13,18,20,27-29,46H,6-11,14-17,19,21H2,1H3/t27-,28+,29-,32-,33-/m0/s1. The van der Waals surface area contributed by atoms with Crippen LogP contribution in [0.1, 0.15) is 68.9 Å². The Morgan fingerprint density at radius 1 is 0.978 bits per heavy atom. The van der Waals surface area contributed by atoms with E-state index in [4.69, 9.17) is 0 Å². The number of ketones is 1. The molecule has 4 aliphatic carbocycles. The van der Waals surface area contributed by atoms with Gasteiger partial charge < -0.3 is 10.0 Å². The van der Waals surface area contributed by atoms with Crippen LogP contribution in [0.2, 0.25) is 0 Å². The first-order valence-corrected chi connectivity index (χ1v) is 16.3. The summed E-state index contributed by atoms with van der Waals surface area (Å²) < 4.78 is 72.0. The Morgan fingerprint density at radius 3 is 2.39 bits per heavy atom. The lowest BCUT2D eigenvalue weighted by Crippen LogP contribution is -2.65. The quantitative estimate of drug-likeness (QED) is 0.370. The van der Waals surface area contributed by atoms with Gasteiger partial charge in [0.1, 0.15) is 11.4 Å². The van der Waals surface area contributed by atoms with Crippen molar-refractivity contribution in [2.75, 3.05) is 31.1 Å². The number of aromatic nitrogens is 2. The SMILES string of the molecule is C[C@]12C[C@H](c3ccc(CN4CCN(c5cnccn5)CC4)cc3)C3=C4CCC(=O)C=C4CC[C@H]3[C@@H]1CC[C@@]2(O)C(F)(F)C(F)(F)F. The lowest BCUT2D eigenvalue weighted by Gasteiger charge is -2.56. The topological polar surface area (TPSA) is 69.6 Å². The van der Waals surface area contributed by atoms with Crippen LogP contribution >= 0.6 is 0 Å². The van der Waals surface area contributed by atoms with Crippen LogP contribution < -0.4 is 4.90 Å². The maximum Gasteiger partial charge on any atom is 0.456 e. The van der Waals surface area contributed by atoms with Crippen molar-refractivity contribution < 1.29 is 31.9 Å². The van der Waals surface area contributed by atoms with Gasteiger partial charge >= 0.3 is 12.1 Å². The van der Waals surface area contributed by atoms with E-state index in [-0.39, 0.29) is 24.5 Å². The molecule has 5 aliphatic rings. The van der Waals surface area contributed by atoms with Gasteiger partial charge in [0.05, 0.1) is 6.20 Å². The number of nitrogens with zero attached hydrogens (tertiary/aromatic N) is 4. The predicted molar refractivity (Wildman–Crippen MR) is 162 cm³/mol. The summed E-state index contributed by atoms with van der Waals surface area (Å²) in [7, 11) is 0. The van der Waals surface area contributed by atoms with Gasteiger partial charge in [-0.3, -0.25) is 14.7 Å². The molecule has 0 spiro atoms. The third-order valence-corrected chi connectivity index (χ3v) is 11.8. The number of alkyl halides is 5. The summed E-state index contributed by atoms with van der Waals surface area (Å²) in [6, 6.07) is 8.00. The highest BCUT2D eigenvalue weighted by molar-refractivity contribution is 5.93. The normalized spacial score (nSPS) is 32.2. The number of fused-ring (bicyclic) bond motifs is 4. The zero-order valence-corrected chi connectivity index (χ0v) is 25.9. The van der Waals surface area contributed by atoms with E-state index in [0.717, 1.165) is 66.4 Å². The highest BCUT2D eigenvalue weighted by Gasteiger charge is 2.79. The van der Waals surface area contributed by atoms with Crippen molar-refractivity contribution in [2.24, 2.45) is 17.3 Å². The van der Waals surface area contributed by atoms with E-state index in [1.54, 1.807) is 24.7 Å². The average molecular weight is 643 g/mol. The van der Waals surface area contributed by atoms with Gasteiger partial charge in [0.25, 0.3) is 0 Å². The predicted octanol–water partition coefficient (Wildman–Crippen LogP) is 6.63. The Labute approximate surface area is 265 Å². The molecule has 2 saturated carbocycles. The molecule has 0 bridgehead atoms. The highest BCUT2D eigenvalue weighted by Crippen LogP contribution is 2.70.